The van der Waals surface area contributed by atoms with E-state index in [4.69, 9.17) is 0 Å². The summed E-state index contributed by atoms with van der Waals surface area (Å²) >= 11 is 0. The lowest BCUT2D eigenvalue weighted by atomic mass is 9.63. The van der Waals surface area contributed by atoms with E-state index in [1.54, 1.807) is 33.4 Å². The van der Waals surface area contributed by atoms with E-state index in [0.717, 1.165) is 93.7 Å². The number of hydrogen-bond donors (Lipinski definition) is 0. The highest BCUT2D eigenvalue weighted by molar-refractivity contribution is 6.11. The highest BCUT2D eigenvalue weighted by Crippen LogP contribution is 2.72. The molecular formula is C102H114O3. The molecular weight excluding hydrogens is 1270 g/mol. The van der Waals surface area contributed by atoms with Crippen LogP contribution in [0.15, 0.2) is 218 Å². The van der Waals surface area contributed by atoms with Gasteiger partial charge in [-0.15, -0.1) is 0 Å². The van der Waals surface area contributed by atoms with E-state index < -0.39 is 0 Å². The number of carbonyl (C=O) groups is 3. The molecule has 0 aliphatic heterocycles. The fraction of sp³-hybridized carbons (Fsp3) is 0.382. The summed E-state index contributed by atoms with van der Waals surface area (Å²) in [7, 11) is 0. The Labute approximate surface area is 630 Å². The van der Waals surface area contributed by atoms with Crippen molar-refractivity contribution in [3.05, 3.63) is 285 Å². The number of rotatable bonds is 39. The molecule has 3 aliphatic carbocycles. The van der Waals surface area contributed by atoms with Gasteiger partial charge in [-0.25, -0.2) is 0 Å². The number of benzene rings is 10. The van der Waals surface area contributed by atoms with E-state index in [2.05, 4.69) is 169 Å². The topological polar surface area (TPSA) is 51.2 Å². The number of ketones is 3. The first-order valence-corrected chi connectivity index (χ1v) is 41.4. The summed E-state index contributed by atoms with van der Waals surface area (Å²) in [6.45, 7) is 14.2. The lowest BCUT2D eigenvalue weighted by Crippen LogP contribution is -2.31. The summed E-state index contributed by atoms with van der Waals surface area (Å²) in [6.07, 6.45) is 35.0. The lowest BCUT2D eigenvalue weighted by molar-refractivity contribution is 0.103. The first-order chi connectivity index (χ1) is 51.6. The summed E-state index contributed by atoms with van der Waals surface area (Å²) in [5.41, 5.74) is 28.9. The molecule has 0 heterocycles. The van der Waals surface area contributed by atoms with Crippen LogP contribution in [0.3, 0.4) is 0 Å². The van der Waals surface area contributed by atoms with Crippen molar-refractivity contribution in [1.29, 1.82) is 0 Å². The van der Waals surface area contributed by atoms with E-state index >= 15 is 0 Å². The van der Waals surface area contributed by atoms with Crippen molar-refractivity contribution in [3.8, 4) is 66.8 Å². The highest BCUT2D eigenvalue weighted by Gasteiger charge is 2.58. The van der Waals surface area contributed by atoms with E-state index in [1.165, 1.54) is 166 Å². The van der Waals surface area contributed by atoms with Gasteiger partial charge in [0.2, 0.25) is 0 Å². The normalized spacial score (nSPS) is 13.8. The van der Waals surface area contributed by atoms with Gasteiger partial charge in [0.05, 0.1) is 0 Å². The SMILES string of the molecule is CCCCCCC1(CCCCCC)c2cc(-c3ccc(C(=O)c4ccccc4)cc3)ccc2-c2c1c1c(c3c2C(CCCCCC)(CCCCCC)c2cc(-c4ccc(C(=O)c5ccccc5)cc4)ccc2-3)C(CCCCCC)(CCCCCC)c2cc(-c3ccc(C(=O)c4ccccc4)cc3)ccc2-1. The van der Waals surface area contributed by atoms with Crippen LogP contribution in [0.4, 0.5) is 0 Å². The minimum absolute atomic E-state index is 0.0501. The van der Waals surface area contributed by atoms with Gasteiger partial charge >= 0.3 is 0 Å². The second-order valence-electron chi connectivity index (χ2n) is 31.5. The minimum atomic E-state index is -0.308. The van der Waals surface area contributed by atoms with Gasteiger partial charge < -0.3 is 0 Å². The number of hydrogen-bond acceptors (Lipinski definition) is 3. The standard InChI is InChI=1S/C102H114O3/c1-7-13-19-34-64-100(65-35-20-14-8-2)88-70-82(73-46-52-79(53-47-73)97(103)76-40-28-25-29-41-76)58-61-85(88)91-94(100)92-86-62-59-83(74-48-54-80(55-49-74)98(104)77-42-30-26-31-43-77)71-89(86)101(66-36-21-15-9-3,67-37-22-16-10-4)96(92)93-87-63-60-84(75-50-56-81(57-51-75)99(105)78-44-32-27-33-45-78)72-90(87)102(95(91)93,68-38-23-17-11-5)69-39-24-18-12-6/h25-33,40-63,70-72H,7-24,34-39,64-69H2,1-6H3. The average Bonchev–Trinajstić information content (AvgIpc) is 1.48. The molecule has 0 fully saturated rings. The van der Waals surface area contributed by atoms with Crippen molar-refractivity contribution < 1.29 is 14.4 Å². The van der Waals surface area contributed by atoms with Crippen LogP contribution >= 0.6 is 0 Å². The molecule has 0 bridgehead atoms. The summed E-state index contributed by atoms with van der Waals surface area (Å²) in [5, 5.41) is 0. The van der Waals surface area contributed by atoms with Gasteiger partial charge in [-0.1, -0.05) is 396 Å². The quantitative estimate of drug-likeness (QED) is 0.0285. The van der Waals surface area contributed by atoms with Crippen molar-refractivity contribution in [3.63, 3.8) is 0 Å². The molecule has 105 heavy (non-hydrogen) atoms. The van der Waals surface area contributed by atoms with Crippen LogP contribution in [0.5, 0.6) is 0 Å². The van der Waals surface area contributed by atoms with Gasteiger partial charge in [0.15, 0.2) is 17.3 Å². The maximum Gasteiger partial charge on any atom is 0.193 e. The molecule has 0 amide bonds. The molecule has 10 aromatic carbocycles. The highest BCUT2D eigenvalue weighted by atomic mass is 16.1. The van der Waals surface area contributed by atoms with E-state index in [1.807, 2.05) is 91.0 Å². The maximum absolute atomic E-state index is 14.1. The summed E-state index contributed by atoms with van der Waals surface area (Å²) < 4.78 is 0. The van der Waals surface area contributed by atoms with Crippen LogP contribution in [0.2, 0.25) is 0 Å². The van der Waals surface area contributed by atoms with Crippen molar-refractivity contribution in [2.75, 3.05) is 0 Å². The molecule has 540 valence electrons. The monoisotopic (exact) mass is 1390 g/mol. The fourth-order valence-corrected chi connectivity index (χ4v) is 19.2. The first kappa shape index (κ1) is 74.5. The van der Waals surface area contributed by atoms with Crippen LogP contribution in [0.1, 0.15) is 315 Å². The zero-order valence-electron chi connectivity index (χ0n) is 64.2. The molecule has 3 heteroatoms. The van der Waals surface area contributed by atoms with Crippen molar-refractivity contribution in [2.45, 2.75) is 250 Å². The van der Waals surface area contributed by atoms with Crippen molar-refractivity contribution in [1.82, 2.24) is 0 Å². The molecule has 13 rings (SSSR count). The predicted octanol–water partition coefficient (Wildman–Crippen LogP) is 29.0. The largest absolute Gasteiger partial charge is 0.289 e. The molecule has 10 aromatic rings. The van der Waals surface area contributed by atoms with Crippen LogP contribution in [-0.2, 0) is 16.2 Å². The smallest absolute Gasteiger partial charge is 0.193 e. The number of unbranched alkanes of at least 4 members (excludes halogenated alkanes) is 18. The molecule has 0 saturated heterocycles. The summed E-state index contributed by atoms with van der Waals surface area (Å²) in [4.78, 5) is 42.3. The van der Waals surface area contributed by atoms with Gasteiger partial charge in [-0.2, -0.15) is 0 Å². The lowest BCUT2D eigenvalue weighted by Gasteiger charge is -2.40. The molecule has 0 aromatic heterocycles. The van der Waals surface area contributed by atoms with Crippen LogP contribution < -0.4 is 0 Å². The van der Waals surface area contributed by atoms with E-state index in [9.17, 15) is 14.4 Å². The maximum atomic E-state index is 14.1. The Morgan fingerprint density at radius 3 is 0.629 bits per heavy atom. The fourth-order valence-electron chi connectivity index (χ4n) is 19.2. The second kappa shape index (κ2) is 34.6. The van der Waals surface area contributed by atoms with E-state index in [0.29, 0.717) is 33.4 Å². The van der Waals surface area contributed by atoms with Gasteiger partial charge in [-0.05, 0) is 157 Å². The average molecular weight is 1390 g/mol. The molecule has 3 nitrogen and oxygen atoms in total. The van der Waals surface area contributed by atoms with Gasteiger partial charge in [0, 0.05) is 49.6 Å². The summed E-state index contributed by atoms with van der Waals surface area (Å²) in [6, 6.07) is 78.2. The molecule has 0 unspecified atom stereocenters. The zero-order valence-corrected chi connectivity index (χ0v) is 64.2. The molecule has 0 radical (unpaired) electrons. The second-order valence-corrected chi connectivity index (χ2v) is 31.5. The zero-order chi connectivity index (χ0) is 72.8. The Balaban J connectivity index is 1.14. The Morgan fingerprint density at radius 1 is 0.219 bits per heavy atom. The van der Waals surface area contributed by atoms with Crippen molar-refractivity contribution >= 4 is 17.3 Å². The van der Waals surface area contributed by atoms with Crippen molar-refractivity contribution in [2.24, 2.45) is 0 Å². The third-order valence-corrected chi connectivity index (χ3v) is 24.6. The van der Waals surface area contributed by atoms with Gasteiger partial charge in [0.25, 0.3) is 0 Å². The molecule has 0 N–H and O–H groups in total. The minimum Gasteiger partial charge on any atom is -0.289 e. The Bertz CT molecular complexity index is 4060. The van der Waals surface area contributed by atoms with Crippen LogP contribution in [-0.4, -0.2) is 17.3 Å². The molecule has 0 spiro atoms. The van der Waals surface area contributed by atoms with Crippen LogP contribution in [0.25, 0.3) is 66.8 Å². The number of carbonyl (C=O) groups excluding carboxylic acids is 3. The Hall–Kier alpha value is -8.79. The van der Waals surface area contributed by atoms with Gasteiger partial charge in [-0.3, -0.25) is 14.4 Å². The third kappa shape index (κ3) is 15.1. The van der Waals surface area contributed by atoms with E-state index in [-0.39, 0.29) is 33.6 Å². The molecule has 3 aliphatic rings. The Kier molecular flexibility index (Phi) is 24.6. The predicted molar refractivity (Wildman–Crippen MR) is 444 cm³/mol. The molecule has 0 saturated carbocycles. The molecule has 0 atom stereocenters. The van der Waals surface area contributed by atoms with Gasteiger partial charge in [0.1, 0.15) is 0 Å². The first-order valence-electron chi connectivity index (χ1n) is 41.4. The summed E-state index contributed by atoms with van der Waals surface area (Å²) in [5.74, 6) is 0.150. The Morgan fingerprint density at radius 2 is 0.419 bits per heavy atom. The third-order valence-electron chi connectivity index (χ3n) is 24.6. The number of fused-ring (bicyclic) bond motifs is 12. The van der Waals surface area contributed by atoms with Crippen LogP contribution in [0, 0.1) is 0 Å².